The highest BCUT2D eigenvalue weighted by Gasteiger charge is 2.22. The number of nitrogens with zero attached hydrogens (tertiary/aromatic N) is 6. The molecule has 1 fully saturated rings. The van der Waals surface area contributed by atoms with Crippen LogP contribution in [-0.2, 0) is 0 Å². The molecule has 0 amide bonds. The Balaban J connectivity index is 1.56. The third-order valence-electron chi connectivity index (χ3n) is 5.05. The summed E-state index contributed by atoms with van der Waals surface area (Å²) in [4.78, 5) is 23.1. The van der Waals surface area contributed by atoms with E-state index in [4.69, 9.17) is 4.98 Å². The summed E-state index contributed by atoms with van der Waals surface area (Å²) in [6.45, 7) is 12.1. The molecule has 3 heterocycles. The van der Waals surface area contributed by atoms with E-state index in [0.29, 0.717) is 5.92 Å². The summed E-state index contributed by atoms with van der Waals surface area (Å²) in [7, 11) is 0. The van der Waals surface area contributed by atoms with Gasteiger partial charge in [-0.05, 0) is 26.0 Å². The molecular weight excluding hydrogens is 336 g/mol. The van der Waals surface area contributed by atoms with Crippen molar-refractivity contribution in [2.75, 3.05) is 36.0 Å². The SMILES string of the molecule is Cc1ccc2ncnc(N3CCN(c4cc(C)nc(C(C)C)n4)CC3)c2c1. The molecule has 6 heteroatoms. The van der Waals surface area contributed by atoms with Gasteiger partial charge in [-0.25, -0.2) is 19.9 Å². The lowest BCUT2D eigenvalue weighted by Gasteiger charge is -2.36. The van der Waals surface area contributed by atoms with E-state index in [1.807, 2.05) is 6.92 Å². The largest absolute Gasteiger partial charge is 0.353 e. The Morgan fingerprint density at radius 2 is 1.63 bits per heavy atom. The molecule has 140 valence electrons. The van der Waals surface area contributed by atoms with Crippen molar-refractivity contribution in [3.05, 3.63) is 47.7 Å². The number of hydrogen-bond donors (Lipinski definition) is 0. The number of aryl methyl sites for hydroxylation is 2. The van der Waals surface area contributed by atoms with Gasteiger partial charge in [-0.15, -0.1) is 0 Å². The quantitative estimate of drug-likeness (QED) is 0.711. The summed E-state index contributed by atoms with van der Waals surface area (Å²) >= 11 is 0. The second-order valence-corrected chi connectivity index (χ2v) is 7.57. The van der Waals surface area contributed by atoms with Crippen molar-refractivity contribution in [3.8, 4) is 0 Å². The Hall–Kier alpha value is -2.76. The van der Waals surface area contributed by atoms with Gasteiger partial charge in [0.25, 0.3) is 0 Å². The summed E-state index contributed by atoms with van der Waals surface area (Å²) in [5.74, 6) is 3.32. The zero-order valence-corrected chi connectivity index (χ0v) is 16.5. The molecule has 0 bridgehead atoms. The number of rotatable bonds is 3. The van der Waals surface area contributed by atoms with Crippen LogP contribution in [0.25, 0.3) is 10.9 Å². The third-order valence-corrected chi connectivity index (χ3v) is 5.05. The van der Waals surface area contributed by atoms with Crippen LogP contribution >= 0.6 is 0 Å². The van der Waals surface area contributed by atoms with Gasteiger partial charge in [0.05, 0.1) is 5.52 Å². The van der Waals surface area contributed by atoms with E-state index in [0.717, 1.165) is 60.2 Å². The van der Waals surface area contributed by atoms with Crippen molar-refractivity contribution in [1.82, 2.24) is 19.9 Å². The van der Waals surface area contributed by atoms with Gasteiger partial charge in [0.15, 0.2) is 0 Å². The number of anilines is 2. The monoisotopic (exact) mass is 362 g/mol. The highest BCUT2D eigenvalue weighted by molar-refractivity contribution is 5.89. The van der Waals surface area contributed by atoms with Crippen LogP contribution in [0.5, 0.6) is 0 Å². The van der Waals surface area contributed by atoms with Crippen LogP contribution < -0.4 is 9.80 Å². The van der Waals surface area contributed by atoms with Crippen LogP contribution in [0.2, 0.25) is 0 Å². The maximum Gasteiger partial charge on any atom is 0.140 e. The normalized spacial score (nSPS) is 15.0. The molecule has 27 heavy (non-hydrogen) atoms. The lowest BCUT2D eigenvalue weighted by atomic mass is 10.1. The van der Waals surface area contributed by atoms with Gasteiger partial charge in [-0.1, -0.05) is 25.5 Å². The lowest BCUT2D eigenvalue weighted by molar-refractivity contribution is 0.637. The Kier molecular flexibility index (Phi) is 4.64. The van der Waals surface area contributed by atoms with Gasteiger partial charge in [0.1, 0.15) is 23.8 Å². The molecule has 1 aliphatic heterocycles. The molecule has 0 N–H and O–H groups in total. The van der Waals surface area contributed by atoms with Crippen LogP contribution in [0.4, 0.5) is 11.6 Å². The van der Waals surface area contributed by atoms with Crippen molar-refractivity contribution >= 4 is 22.5 Å². The van der Waals surface area contributed by atoms with Gasteiger partial charge in [0.2, 0.25) is 0 Å². The Morgan fingerprint density at radius 1 is 0.889 bits per heavy atom. The van der Waals surface area contributed by atoms with Crippen molar-refractivity contribution in [1.29, 1.82) is 0 Å². The summed E-state index contributed by atoms with van der Waals surface area (Å²) in [5, 5.41) is 1.13. The summed E-state index contributed by atoms with van der Waals surface area (Å²) < 4.78 is 0. The molecule has 0 atom stereocenters. The molecule has 6 nitrogen and oxygen atoms in total. The fourth-order valence-electron chi connectivity index (χ4n) is 3.55. The smallest absolute Gasteiger partial charge is 0.140 e. The minimum absolute atomic E-state index is 0.334. The first-order chi connectivity index (χ1) is 13.0. The van der Waals surface area contributed by atoms with Crippen molar-refractivity contribution < 1.29 is 0 Å². The predicted molar refractivity (Wildman–Crippen MR) is 110 cm³/mol. The van der Waals surface area contributed by atoms with Crippen LogP contribution in [0, 0.1) is 13.8 Å². The fourth-order valence-corrected chi connectivity index (χ4v) is 3.55. The zero-order valence-electron chi connectivity index (χ0n) is 16.5. The van der Waals surface area contributed by atoms with E-state index in [1.165, 1.54) is 5.56 Å². The number of aromatic nitrogens is 4. The molecule has 4 rings (SSSR count). The second-order valence-electron chi connectivity index (χ2n) is 7.57. The number of fused-ring (bicyclic) bond motifs is 1. The summed E-state index contributed by atoms with van der Waals surface area (Å²) in [6.07, 6.45) is 1.67. The first-order valence-electron chi connectivity index (χ1n) is 9.58. The lowest BCUT2D eigenvalue weighted by Crippen LogP contribution is -2.47. The van der Waals surface area contributed by atoms with Crippen LogP contribution in [0.15, 0.2) is 30.6 Å². The first-order valence-corrected chi connectivity index (χ1v) is 9.58. The van der Waals surface area contributed by atoms with Crippen molar-refractivity contribution in [2.24, 2.45) is 0 Å². The molecule has 1 aromatic carbocycles. The average molecular weight is 362 g/mol. The molecule has 0 radical (unpaired) electrons. The second kappa shape index (κ2) is 7.10. The molecule has 0 aliphatic carbocycles. The Morgan fingerprint density at radius 3 is 2.37 bits per heavy atom. The maximum absolute atomic E-state index is 4.79. The maximum atomic E-state index is 4.79. The molecule has 2 aromatic heterocycles. The fraction of sp³-hybridized carbons (Fsp3) is 0.429. The van der Waals surface area contributed by atoms with Gasteiger partial charge < -0.3 is 9.80 Å². The van der Waals surface area contributed by atoms with Gasteiger partial charge in [-0.2, -0.15) is 0 Å². The van der Waals surface area contributed by atoms with Crippen molar-refractivity contribution in [2.45, 2.75) is 33.6 Å². The van der Waals surface area contributed by atoms with Crippen molar-refractivity contribution in [3.63, 3.8) is 0 Å². The zero-order chi connectivity index (χ0) is 19.0. The molecule has 0 saturated carbocycles. The van der Waals surface area contributed by atoms with E-state index in [2.05, 4.69) is 69.8 Å². The van der Waals surface area contributed by atoms with Gasteiger partial charge in [0, 0.05) is 49.2 Å². The van der Waals surface area contributed by atoms with Crippen LogP contribution in [0.3, 0.4) is 0 Å². The molecule has 1 saturated heterocycles. The summed E-state index contributed by atoms with van der Waals surface area (Å²) in [6, 6.07) is 8.44. The standard InChI is InChI=1S/C21H26N6/c1-14(2)20-24-16(4)12-19(25-20)26-7-9-27(10-8-26)21-17-11-15(3)5-6-18(17)22-13-23-21/h5-6,11-14H,7-10H2,1-4H3. The van der Waals surface area contributed by atoms with Gasteiger partial charge >= 0.3 is 0 Å². The third kappa shape index (κ3) is 3.56. The first kappa shape index (κ1) is 17.6. The number of hydrogen-bond acceptors (Lipinski definition) is 6. The van der Waals surface area contributed by atoms with Gasteiger partial charge in [-0.3, -0.25) is 0 Å². The average Bonchev–Trinajstić information content (AvgIpc) is 2.67. The van der Waals surface area contributed by atoms with E-state index < -0.39 is 0 Å². The van der Waals surface area contributed by atoms with E-state index in [-0.39, 0.29) is 0 Å². The minimum atomic E-state index is 0.334. The minimum Gasteiger partial charge on any atom is -0.353 e. The molecule has 1 aliphatic rings. The molecular formula is C21H26N6. The molecule has 0 unspecified atom stereocenters. The van der Waals surface area contributed by atoms with E-state index in [9.17, 15) is 0 Å². The summed E-state index contributed by atoms with van der Waals surface area (Å²) in [5.41, 5.74) is 3.26. The van der Waals surface area contributed by atoms with E-state index >= 15 is 0 Å². The van der Waals surface area contributed by atoms with Crippen LogP contribution in [-0.4, -0.2) is 46.1 Å². The molecule has 0 spiro atoms. The predicted octanol–water partition coefficient (Wildman–Crippen LogP) is 3.49. The number of benzene rings is 1. The van der Waals surface area contributed by atoms with E-state index in [1.54, 1.807) is 6.33 Å². The Labute approximate surface area is 160 Å². The number of piperazine rings is 1. The highest BCUT2D eigenvalue weighted by Crippen LogP contribution is 2.26. The van der Waals surface area contributed by atoms with Crippen LogP contribution in [0.1, 0.15) is 36.8 Å². The Bertz CT molecular complexity index is 960. The highest BCUT2D eigenvalue weighted by atomic mass is 15.3. The topological polar surface area (TPSA) is 58.0 Å². The molecule has 3 aromatic rings.